The predicted molar refractivity (Wildman–Crippen MR) is 142 cm³/mol. The van der Waals surface area contributed by atoms with Crippen molar-refractivity contribution in [2.24, 2.45) is 0 Å². The molecular formula is C28H23N3O4S. The van der Waals surface area contributed by atoms with Crippen molar-refractivity contribution >= 4 is 51.5 Å². The van der Waals surface area contributed by atoms with E-state index in [-0.39, 0.29) is 11.4 Å². The van der Waals surface area contributed by atoms with Gasteiger partial charge in [-0.15, -0.1) is 0 Å². The van der Waals surface area contributed by atoms with Gasteiger partial charge in [0.1, 0.15) is 18.9 Å². The van der Waals surface area contributed by atoms with Gasteiger partial charge in [-0.3, -0.25) is 19.3 Å². The monoisotopic (exact) mass is 497 g/mol. The molecule has 0 bridgehead atoms. The number of thioether (sulfide) groups is 1. The average molecular weight is 498 g/mol. The van der Waals surface area contributed by atoms with E-state index in [0.717, 1.165) is 38.9 Å². The van der Waals surface area contributed by atoms with Crippen LogP contribution >= 0.6 is 11.8 Å². The molecule has 1 aromatic heterocycles. The molecule has 8 heteroatoms. The van der Waals surface area contributed by atoms with Crippen molar-refractivity contribution in [2.75, 3.05) is 18.5 Å². The van der Waals surface area contributed by atoms with Crippen LogP contribution < -0.4 is 10.1 Å². The molecule has 0 radical (unpaired) electrons. The van der Waals surface area contributed by atoms with Crippen molar-refractivity contribution in [3.63, 3.8) is 0 Å². The summed E-state index contributed by atoms with van der Waals surface area (Å²) in [5, 5.41) is 3.20. The molecule has 5 rings (SSSR count). The largest absolute Gasteiger partial charge is 0.492 e. The molecule has 1 aliphatic heterocycles. The molecule has 1 saturated heterocycles. The Morgan fingerprint density at radius 3 is 2.39 bits per heavy atom. The van der Waals surface area contributed by atoms with Gasteiger partial charge in [-0.05, 0) is 48.2 Å². The summed E-state index contributed by atoms with van der Waals surface area (Å²) in [5.74, 6) is -0.101. The summed E-state index contributed by atoms with van der Waals surface area (Å²) in [4.78, 5) is 39.2. The smallest absolute Gasteiger partial charge is 0.294 e. The molecule has 1 N–H and O–H groups in total. The minimum atomic E-state index is -0.475. The molecule has 3 amide bonds. The highest BCUT2D eigenvalue weighted by molar-refractivity contribution is 8.18. The van der Waals surface area contributed by atoms with Crippen molar-refractivity contribution in [1.82, 2.24) is 9.47 Å². The van der Waals surface area contributed by atoms with Crippen LogP contribution in [0.5, 0.6) is 5.75 Å². The Kier molecular flexibility index (Phi) is 6.86. The molecule has 1 fully saturated rings. The SMILES string of the molecule is O=C(CN1C(=O)S/C(=C\c2cn(CCOc3ccccc3)c3ccccc23)C1=O)Nc1ccccc1. The molecule has 4 aromatic rings. The maximum atomic E-state index is 13.0. The molecule has 3 aromatic carbocycles. The molecule has 0 saturated carbocycles. The summed E-state index contributed by atoms with van der Waals surface area (Å²) in [6.07, 6.45) is 3.67. The van der Waals surface area contributed by atoms with Crippen molar-refractivity contribution < 1.29 is 19.1 Å². The van der Waals surface area contributed by atoms with E-state index in [1.54, 1.807) is 30.3 Å². The Morgan fingerprint density at radius 2 is 1.61 bits per heavy atom. The van der Waals surface area contributed by atoms with Crippen molar-refractivity contribution in [3.05, 3.63) is 102 Å². The van der Waals surface area contributed by atoms with Gasteiger partial charge < -0.3 is 14.6 Å². The fraction of sp³-hybridized carbons (Fsp3) is 0.107. The number of anilines is 1. The van der Waals surface area contributed by atoms with Crippen LogP contribution in [0, 0.1) is 0 Å². The summed E-state index contributed by atoms with van der Waals surface area (Å²) >= 11 is 0.842. The number of para-hydroxylation sites is 3. The molecule has 7 nitrogen and oxygen atoms in total. The van der Waals surface area contributed by atoms with Crippen LogP contribution in [-0.4, -0.2) is 39.7 Å². The Balaban J connectivity index is 1.31. The van der Waals surface area contributed by atoms with Gasteiger partial charge >= 0.3 is 0 Å². The van der Waals surface area contributed by atoms with Gasteiger partial charge in [-0.25, -0.2) is 0 Å². The maximum Gasteiger partial charge on any atom is 0.294 e. The molecule has 0 unspecified atom stereocenters. The van der Waals surface area contributed by atoms with E-state index in [2.05, 4.69) is 9.88 Å². The van der Waals surface area contributed by atoms with Gasteiger partial charge in [0.15, 0.2) is 0 Å². The van der Waals surface area contributed by atoms with E-state index in [1.165, 1.54) is 0 Å². The topological polar surface area (TPSA) is 80.6 Å². The minimum absolute atomic E-state index is 0.288. The first-order valence-corrected chi connectivity index (χ1v) is 12.3. The number of rotatable bonds is 8. The minimum Gasteiger partial charge on any atom is -0.492 e. The number of aromatic nitrogens is 1. The standard InChI is InChI=1S/C28H23N3O4S/c32-26(29-21-9-3-1-4-10-21)19-31-27(33)25(36-28(31)34)17-20-18-30(24-14-8-7-13-23(20)24)15-16-35-22-11-5-2-6-12-22/h1-14,17-18H,15-16,19H2,(H,29,32)/b25-17-. The Hall–Kier alpha value is -4.30. The van der Waals surface area contributed by atoms with Crippen molar-refractivity contribution in [1.29, 1.82) is 0 Å². The number of ether oxygens (including phenoxy) is 1. The third-order valence-electron chi connectivity index (χ3n) is 5.68. The number of fused-ring (bicyclic) bond motifs is 1. The van der Waals surface area contributed by atoms with Gasteiger partial charge in [0.25, 0.3) is 11.1 Å². The second-order valence-corrected chi connectivity index (χ2v) is 9.13. The molecule has 2 heterocycles. The molecular weight excluding hydrogens is 474 g/mol. The lowest BCUT2D eigenvalue weighted by Gasteiger charge is -2.12. The average Bonchev–Trinajstić information content (AvgIpc) is 3.37. The van der Waals surface area contributed by atoms with Crippen LogP contribution in [0.3, 0.4) is 0 Å². The van der Waals surface area contributed by atoms with Gasteiger partial charge in [0, 0.05) is 28.4 Å². The van der Waals surface area contributed by atoms with Crippen LogP contribution in [0.15, 0.2) is 96.0 Å². The van der Waals surface area contributed by atoms with Crippen molar-refractivity contribution in [3.8, 4) is 5.75 Å². The van der Waals surface area contributed by atoms with E-state index in [0.29, 0.717) is 18.8 Å². The van der Waals surface area contributed by atoms with Crippen LogP contribution in [-0.2, 0) is 16.1 Å². The van der Waals surface area contributed by atoms with Gasteiger partial charge in [-0.1, -0.05) is 54.6 Å². The number of amides is 3. The van der Waals surface area contributed by atoms with E-state index < -0.39 is 17.1 Å². The maximum absolute atomic E-state index is 13.0. The fourth-order valence-corrected chi connectivity index (χ4v) is 4.83. The molecule has 0 aliphatic carbocycles. The molecule has 36 heavy (non-hydrogen) atoms. The second-order valence-electron chi connectivity index (χ2n) is 8.14. The third kappa shape index (κ3) is 5.18. The quantitative estimate of drug-likeness (QED) is 0.330. The number of imide groups is 1. The van der Waals surface area contributed by atoms with Gasteiger partial charge in [-0.2, -0.15) is 0 Å². The Bertz CT molecular complexity index is 1450. The first-order valence-electron chi connectivity index (χ1n) is 11.4. The zero-order valence-electron chi connectivity index (χ0n) is 19.3. The highest BCUT2D eigenvalue weighted by Crippen LogP contribution is 2.34. The first-order chi connectivity index (χ1) is 17.6. The summed E-state index contributed by atoms with van der Waals surface area (Å²) in [6, 6.07) is 26.4. The number of nitrogens with one attached hydrogen (secondary N) is 1. The van der Waals surface area contributed by atoms with Crippen LogP contribution in [0.25, 0.3) is 17.0 Å². The fourth-order valence-electron chi connectivity index (χ4n) is 4.00. The number of benzene rings is 3. The lowest BCUT2D eigenvalue weighted by molar-refractivity contribution is -0.127. The Labute approximate surface area is 212 Å². The lowest BCUT2D eigenvalue weighted by Crippen LogP contribution is -2.36. The molecule has 0 atom stereocenters. The Morgan fingerprint density at radius 1 is 0.917 bits per heavy atom. The predicted octanol–water partition coefficient (Wildman–Crippen LogP) is 5.40. The normalized spacial score (nSPS) is 14.6. The molecule has 180 valence electrons. The van der Waals surface area contributed by atoms with Crippen molar-refractivity contribution in [2.45, 2.75) is 6.54 Å². The zero-order chi connectivity index (χ0) is 24.9. The third-order valence-corrected chi connectivity index (χ3v) is 6.59. The highest BCUT2D eigenvalue weighted by atomic mass is 32.2. The molecule has 0 spiro atoms. The summed E-state index contributed by atoms with van der Waals surface area (Å²) in [7, 11) is 0. The summed E-state index contributed by atoms with van der Waals surface area (Å²) in [6.45, 7) is 0.759. The number of carbonyl (C=O) groups is 3. The lowest BCUT2D eigenvalue weighted by atomic mass is 10.1. The van der Waals surface area contributed by atoms with E-state index >= 15 is 0 Å². The zero-order valence-corrected chi connectivity index (χ0v) is 20.1. The first kappa shape index (κ1) is 23.4. The number of carbonyl (C=O) groups excluding carboxylic acids is 3. The van der Waals surface area contributed by atoms with E-state index in [9.17, 15) is 14.4 Å². The number of hydrogen-bond acceptors (Lipinski definition) is 5. The van der Waals surface area contributed by atoms with Gasteiger partial charge in [0.05, 0.1) is 11.4 Å². The van der Waals surface area contributed by atoms with Gasteiger partial charge in [0.2, 0.25) is 5.91 Å². The highest BCUT2D eigenvalue weighted by Gasteiger charge is 2.36. The molecule has 1 aliphatic rings. The van der Waals surface area contributed by atoms with Crippen LogP contribution in [0.4, 0.5) is 10.5 Å². The second kappa shape index (κ2) is 10.5. The van der Waals surface area contributed by atoms with E-state index in [4.69, 9.17) is 4.74 Å². The van der Waals surface area contributed by atoms with Crippen LogP contribution in [0.2, 0.25) is 0 Å². The summed E-state index contributed by atoms with van der Waals surface area (Å²) < 4.78 is 7.91. The summed E-state index contributed by atoms with van der Waals surface area (Å²) in [5.41, 5.74) is 2.43. The number of hydrogen-bond donors (Lipinski definition) is 1. The van der Waals surface area contributed by atoms with Crippen LogP contribution in [0.1, 0.15) is 5.56 Å². The van der Waals surface area contributed by atoms with E-state index in [1.807, 2.05) is 66.9 Å². The number of nitrogens with zero attached hydrogens (tertiary/aromatic N) is 2.